The zero-order valence-corrected chi connectivity index (χ0v) is 20.4. The number of nitrogens with zero attached hydrogens (tertiary/aromatic N) is 1. The molecule has 0 aromatic heterocycles. The average Bonchev–Trinajstić information content (AvgIpc) is 2.89. The second-order valence-corrected chi connectivity index (χ2v) is 8.62. The van der Waals surface area contributed by atoms with Crippen molar-refractivity contribution in [2.75, 3.05) is 23.8 Å². The van der Waals surface area contributed by atoms with Crippen molar-refractivity contribution in [1.29, 1.82) is 0 Å². The number of unbranched alkanes of at least 4 members (excludes halogenated alkanes) is 1. The summed E-state index contributed by atoms with van der Waals surface area (Å²) in [6.45, 7) is -0.364. The summed E-state index contributed by atoms with van der Waals surface area (Å²) in [5.41, 5.74) is 11.5. The van der Waals surface area contributed by atoms with E-state index in [0.717, 1.165) is 6.07 Å². The van der Waals surface area contributed by atoms with Crippen molar-refractivity contribution in [1.82, 2.24) is 10.6 Å². The first kappa shape index (κ1) is 28.0. The van der Waals surface area contributed by atoms with Crippen LogP contribution in [0, 0.1) is 10.1 Å². The second-order valence-electron chi connectivity index (χ2n) is 8.62. The predicted molar refractivity (Wildman–Crippen MR) is 137 cm³/mol. The molecule has 38 heavy (non-hydrogen) atoms. The summed E-state index contributed by atoms with van der Waals surface area (Å²) in [5.74, 6) is -3.00. The molecule has 2 aromatic rings. The van der Waals surface area contributed by atoms with Gasteiger partial charge >= 0.3 is 0 Å². The van der Waals surface area contributed by atoms with Crippen LogP contribution in [0.15, 0.2) is 36.4 Å². The molecule has 2 atom stereocenters. The number of carbonyl (C=O) groups is 4. The van der Waals surface area contributed by atoms with Crippen molar-refractivity contribution in [2.24, 2.45) is 11.5 Å². The van der Waals surface area contributed by atoms with Gasteiger partial charge in [-0.2, -0.15) is 0 Å². The molecule has 4 amide bonds. The number of benzene rings is 2. The molecule has 0 saturated heterocycles. The highest BCUT2D eigenvalue weighted by Crippen LogP contribution is 2.25. The molecule has 14 nitrogen and oxygen atoms in total. The molecule has 2 aromatic carbocycles. The van der Waals surface area contributed by atoms with Crippen molar-refractivity contribution in [3.05, 3.63) is 63.2 Å². The SMILES string of the molecule is NCCCC[C@@H]1NC(=O)c2cc([N+](=O)[O-])ccc2NCc2ccc(C(N)=O)cc2NC(=O)[C@H](CO)NC1=O. The standard InChI is InChI=1S/C24H29N7O7/c25-8-2-1-3-18-23(35)30-20(12-32)24(36)29-19-9-13(21(26)33)4-5-14(19)11-27-17-7-6-15(31(37)38)10-16(17)22(34)28-18/h4-7,9-10,18,20,27,32H,1-3,8,11-12,25H2,(H2,26,33)(H,28,34)(H,29,36)(H,30,35)/t18-,20-/m0/s1. The molecular weight excluding hydrogens is 498 g/mol. The summed E-state index contributed by atoms with van der Waals surface area (Å²) in [6, 6.07) is 5.48. The molecule has 0 spiro atoms. The molecule has 1 aliphatic heterocycles. The Morgan fingerprint density at radius 3 is 2.45 bits per heavy atom. The summed E-state index contributed by atoms with van der Waals surface area (Å²) in [7, 11) is 0. The van der Waals surface area contributed by atoms with Crippen LogP contribution in [0.25, 0.3) is 0 Å². The molecule has 0 aliphatic carbocycles. The minimum atomic E-state index is -1.38. The number of anilines is 2. The van der Waals surface area contributed by atoms with E-state index in [0.29, 0.717) is 24.9 Å². The molecule has 3 rings (SSSR count). The maximum atomic E-state index is 13.3. The number of non-ortho nitro benzene ring substituents is 1. The number of aliphatic hydroxyl groups is 1. The van der Waals surface area contributed by atoms with Gasteiger partial charge in [0.2, 0.25) is 17.7 Å². The molecule has 0 fully saturated rings. The summed E-state index contributed by atoms with van der Waals surface area (Å²) >= 11 is 0. The fourth-order valence-corrected chi connectivity index (χ4v) is 3.86. The van der Waals surface area contributed by atoms with Crippen LogP contribution in [-0.2, 0) is 16.1 Å². The highest BCUT2D eigenvalue weighted by atomic mass is 16.6. The van der Waals surface area contributed by atoms with Crippen molar-refractivity contribution < 1.29 is 29.2 Å². The molecule has 0 radical (unpaired) electrons. The highest BCUT2D eigenvalue weighted by molar-refractivity contribution is 6.04. The second kappa shape index (κ2) is 12.6. The van der Waals surface area contributed by atoms with E-state index in [4.69, 9.17) is 11.5 Å². The van der Waals surface area contributed by atoms with E-state index in [-0.39, 0.29) is 41.2 Å². The summed E-state index contributed by atoms with van der Waals surface area (Å²) in [4.78, 5) is 61.7. The lowest BCUT2D eigenvalue weighted by molar-refractivity contribution is -0.384. The van der Waals surface area contributed by atoms with Gasteiger partial charge in [-0.05, 0) is 49.6 Å². The average molecular weight is 528 g/mol. The van der Waals surface area contributed by atoms with Gasteiger partial charge in [0.15, 0.2) is 0 Å². The van der Waals surface area contributed by atoms with Crippen LogP contribution in [0.2, 0.25) is 0 Å². The number of aliphatic hydroxyl groups excluding tert-OH is 1. The Morgan fingerprint density at radius 1 is 1.03 bits per heavy atom. The van der Waals surface area contributed by atoms with Gasteiger partial charge < -0.3 is 37.8 Å². The largest absolute Gasteiger partial charge is 0.394 e. The van der Waals surface area contributed by atoms with E-state index in [1.165, 1.54) is 30.3 Å². The number of primary amides is 1. The molecule has 202 valence electrons. The van der Waals surface area contributed by atoms with Crippen molar-refractivity contribution in [3.63, 3.8) is 0 Å². The maximum Gasteiger partial charge on any atom is 0.270 e. The third kappa shape index (κ3) is 6.80. The smallest absolute Gasteiger partial charge is 0.270 e. The van der Waals surface area contributed by atoms with Crippen LogP contribution in [-0.4, -0.2) is 58.9 Å². The van der Waals surface area contributed by atoms with Crippen LogP contribution in [0.5, 0.6) is 0 Å². The van der Waals surface area contributed by atoms with E-state index in [2.05, 4.69) is 21.3 Å². The van der Waals surface area contributed by atoms with Crippen molar-refractivity contribution >= 4 is 40.7 Å². The monoisotopic (exact) mass is 527 g/mol. The molecule has 9 N–H and O–H groups in total. The molecule has 0 saturated carbocycles. The summed E-state index contributed by atoms with van der Waals surface area (Å²) in [5, 5.41) is 31.8. The van der Waals surface area contributed by atoms with Crippen LogP contribution in [0.4, 0.5) is 17.1 Å². The first-order valence-corrected chi connectivity index (χ1v) is 11.8. The number of hydrogen-bond donors (Lipinski definition) is 7. The van der Waals surface area contributed by atoms with E-state index >= 15 is 0 Å². The number of carbonyl (C=O) groups excluding carboxylic acids is 4. The van der Waals surface area contributed by atoms with Crippen LogP contribution in [0.3, 0.4) is 0 Å². The predicted octanol–water partition coefficient (Wildman–Crippen LogP) is -0.0376. The number of rotatable bonds is 7. The molecule has 0 bridgehead atoms. The van der Waals surface area contributed by atoms with Gasteiger partial charge in [0.1, 0.15) is 12.1 Å². The highest BCUT2D eigenvalue weighted by Gasteiger charge is 2.29. The Labute approximate surface area is 217 Å². The third-order valence-electron chi connectivity index (χ3n) is 5.96. The van der Waals surface area contributed by atoms with Gasteiger partial charge in [0, 0.05) is 35.6 Å². The topological polar surface area (TPSA) is 232 Å². The van der Waals surface area contributed by atoms with Gasteiger partial charge in [-0.3, -0.25) is 29.3 Å². The quantitative estimate of drug-likeness (QED) is 0.145. The fraction of sp³-hybridized carbons (Fsp3) is 0.333. The minimum Gasteiger partial charge on any atom is -0.394 e. The lowest BCUT2D eigenvalue weighted by Gasteiger charge is -2.24. The van der Waals surface area contributed by atoms with E-state index in [9.17, 15) is 34.4 Å². The minimum absolute atomic E-state index is 0.0306. The van der Waals surface area contributed by atoms with Crippen LogP contribution < -0.4 is 32.7 Å². The zero-order valence-electron chi connectivity index (χ0n) is 20.4. The van der Waals surface area contributed by atoms with Crippen LogP contribution >= 0.6 is 0 Å². The fourth-order valence-electron chi connectivity index (χ4n) is 3.86. The van der Waals surface area contributed by atoms with Crippen molar-refractivity contribution in [2.45, 2.75) is 37.9 Å². The van der Waals surface area contributed by atoms with Gasteiger partial charge in [-0.15, -0.1) is 0 Å². The number of nitro benzene ring substituents is 1. The van der Waals surface area contributed by atoms with E-state index < -0.39 is 47.2 Å². The third-order valence-corrected chi connectivity index (χ3v) is 5.96. The number of nitrogens with one attached hydrogen (secondary N) is 4. The van der Waals surface area contributed by atoms with Gasteiger partial charge in [0.25, 0.3) is 11.6 Å². The number of amides is 4. The molecule has 1 aliphatic rings. The summed E-state index contributed by atoms with van der Waals surface area (Å²) < 4.78 is 0. The van der Waals surface area contributed by atoms with Gasteiger partial charge in [0.05, 0.1) is 17.1 Å². The number of nitro groups is 1. The van der Waals surface area contributed by atoms with E-state index in [1.807, 2.05) is 0 Å². The summed E-state index contributed by atoms with van der Waals surface area (Å²) in [6.07, 6.45) is 1.19. The Bertz CT molecular complexity index is 1250. The maximum absolute atomic E-state index is 13.3. The lowest BCUT2D eigenvalue weighted by Crippen LogP contribution is -2.54. The van der Waals surface area contributed by atoms with Crippen molar-refractivity contribution in [3.8, 4) is 0 Å². The van der Waals surface area contributed by atoms with Gasteiger partial charge in [-0.25, -0.2) is 0 Å². The normalized spacial score (nSPS) is 18.0. The Morgan fingerprint density at radius 2 is 1.79 bits per heavy atom. The molecule has 0 unspecified atom stereocenters. The van der Waals surface area contributed by atoms with Gasteiger partial charge in [-0.1, -0.05) is 6.07 Å². The number of nitrogens with two attached hydrogens (primary N) is 2. The number of fused-ring (bicyclic) bond motifs is 2. The Balaban J connectivity index is 2.09. The molecule has 1 heterocycles. The zero-order chi connectivity index (χ0) is 27.8. The Kier molecular flexibility index (Phi) is 9.29. The van der Waals surface area contributed by atoms with Crippen LogP contribution in [0.1, 0.15) is 45.5 Å². The Hall–Kier alpha value is -4.56. The first-order chi connectivity index (χ1) is 18.1. The molecular formula is C24H29N7O7. The number of hydrogen-bond acceptors (Lipinski definition) is 9. The van der Waals surface area contributed by atoms with E-state index in [1.54, 1.807) is 0 Å². The first-order valence-electron chi connectivity index (χ1n) is 11.8. The lowest BCUT2D eigenvalue weighted by atomic mass is 10.0. The molecule has 14 heteroatoms.